The summed E-state index contributed by atoms with van der Waals surface area (Å²) in [6, 6.07) is 15.2. The maximum Gasteiger partial charge on any atom is 0.228 e. The molecule has 1 aliphatic rings. The molecule has 1 aromatic heterocycles. The van der Waals surface area contributed by atoms with E-state index in [1.54, 1.807) is 24.5 Å². The summed E-state index contributed by atoms with van der Waals surface area (Å²) in [5.41, 5.74) is 2.58. The molecule has 4 nitrogen and oxygen atoms in total. The molecular formula is C20H16N2O2. The first-order chi connectivity index (χ1) is 11.7. The third-order valence-corrected chi connectivity index (χ3v) is 4.54. The Morgan fingerprint density at radius 1 is 1.08 bits per heavy atom. The molecule has 2 aromatic carbocycles. The smallest absolute Gasteiger partial charge is 0.228 e. The van der Waals surface area contributed by atoms with Crippen molar-refractivity contribution in [2.75, 3.05) is 5.32 Å². The molecular weight excluding hydrogens is 300 g/mol. The highest BCUT2D eigenvalue weighted by Crippen LogP contribution is 2.48. The van der Waals surface area contributed by atoms with Gasteiger partial charge in [-0.15, -0.1) is 0 Å². The Morgan fingerprint density at radius 2 is 1.92 bits per heavy atom. The molecule has 4 heteroatoms. The van der Waals surface area contributed by atoms with Gasteiger partial charge in [-0.2, -0.15) is 0 Å². The average molecular weight is 316 g/mol. The Morgan fingerprint density at radius 3 is 2.71 bits per heavy atom. The minimum atomic E-state index is 0.000202. The highest BCUT2D eigenvalue weighted by atomic mass is 16.2. The lowest BCUT2D eigenvalue weighted by atomic mass is 10.1. The van der Waals surface area contributed by atoms with Crippen LogP contribution in [0.15, 0.2) is 60.9 Å². The van der Waals surface area contributed by atoms with Gasteiger partial charge in [0.15, 0.2) is 0 Å². The Bertz CT molecular complexity index is 918. The monoisotopic (exact) mass is 316 g/mol. The van der Waals surface area contributed by atoms with Crippen LogP contribution in [-0.4, -0.2) is 17.2 Å². The standard InChI is InChI=1S/C20H16N2O2/c23-12-13-1-3-14(4-2-13)18-10-19(18)20(24)22-17-6-5-16-11-21-8-7-15(16)9-17/h1-9,11-12,18-19H,10H2,(H,22,24). The van der Waals surface area contributed by atoms with Crippen molar-refractivity contribution in [3.8, 4) is 0 Å². The average Bonchev–Trinajstić information content (AvgIpc) is 3.42. The Labute approximate surface area is 139 Å². The van der Waals surface area contributed by atoms with Gasteiger partial charge in [0.25, 0.3) is 0 Å². The van der Waals surface area contributed by atoms with Crippen molar-refractivity contribution in [1.82, 2.24) is 4.98 Å². The van der Waals surface area contributed by atoms with Gasteiger partial charge < -0.3 is 5.32 Å². The molecule has 0 radical (unpaired) electrons. The largest absolute Gasteiger partial charge is 0.326 e. The molecule has 2 atom stereocenters. The van der Waals surface area contributed by atoms with Crippen LogP contribution < -0.4 is 5.32 Å². The van der Waals surface area contributed by atoms with E-state index < -0.39 is 0 Å². The molecule has 3 aromatic rings. The van der Waals surface area contributed by atoms with E-state index in [4.69, 9.17) is 0 Å². The quantitative estimate of drug-likeness (QED) is 0.745. The topological polar surface area (TPSA) is 59.1 Å². The van der Waals surface area contributed by atoms with Gasteiger partial charge in [-0.05, 0) is 41.5 Å². The van der Waals surface area contributed by atoms with Crippen LogP contribution in [0.3, 0.4) is 0 Å². The van der Waals surface area contributed by atoms with Crippen LogP contribution in [0.5, 0.6) is 0 Å². The predicted molar refractivity (Wildman–Crippen MR) is 93.1 cm³/mol. The molecule has 24 heavy (non-hydrogen) atoms. The Kier molecular flexibility index (Phi) is 3.58. The zero-order chi connectivity index (χ0) is 16.5. The number of carbonyl (C=O) groups is 2. The lowest BCUT2D eigenvalue weighted by molar-refractivity contribution is -0.117. The number of nitrogens with one attached hydrogen (secondary N) is 1. The summed E-state index contributed by atoms with van der Waals surface area (Å²) in [4.78, 5) is 27.2. The summed E-state index contributed by atoms with van der Waals surface area (Å²) < 4.78 is 0. The van der Waals surface area contributed by atoms with E-state index in [2.05, 4.69) is 10.3 Å². The van der Waals surface area contributed by atoms with Gasteiger partial charge >= 0.3 is 0 Å². The molecule has 118 valence electrons. The highest BCUT2D eigenvalue weighted by Gasteiger charge is 2.43. The maximum absolute atomic E-state index is 12.4. The number of rotatable bonds is 4. The first kappa shape index (κ1) is 14.6. The molecule has 1 N–H and O–H groups in total. The van der Waals surface area contributed by atoms with Crippen molar-refractivity contribution in [1.29, 1.82) is 0 Å². The van der Waals surface area contributed by atoms with E-state index in [0.717, 1.165) is 34.7 Å². The number of hydrogen-bond acceptors (Lipinski definition) is 3. The number of anilines is 1. The number of fused-ring (bicyclic) bond motifs is 1. The third-order valence-electron chi connectivity index (χ3n) is 4.54. The van der Waals surface area contributed by atoms with Crippen LogP contribution in [0.2, 0.25) is 0 Å². The van der Waals surface area contributed by atoms with Crippen LogP contribution in [0, 0.1) is 5.92 Å². The van der Waals surface area contributed by atoms with Crippen LogP contribution in [0.1, 0.15) is 28.3 Å². The molecule has 4 rings (SSSR count). The molecule has 1 amide bonds. The SMILES string of the molecule is O=Cc1ccc(C2CC2C(=O)Nc2ccc3cnccc3c2)cc1. The van der Waals surface area contributed by atoms with Gasteiger partial charge in [-0.1, -0.05) is 30.3 Å². The number of aromatic nitrogens is 1. The molecule has 1 fully saturated rings. The zero-order valence-electron chi connectivity index (χ0n) is 13.0. The van der Waals surface area contributed by atoms with Crippen molar-refractivity contribution in [3.05, 3.63) is 72.1 Å². The number of benzene rings is 2. The number of amides is 1. The van der Waals surface area contributed by atoms with Crippen LogP contribution in [0.25, 0.3) is 10.8 Å². The summed E-state index contributed by atoms with van der Waals surface area (Å²) in [6.07, 6.45) is 5.23. The van der Waals surface area contributed by atoms with Crippen molar-refractivity contribution in [2.24, 2.45) is 5.92 Å². The fraction of sp³-hybridized carbons (Fsp3) is 0.150. The second-order valence-corrected chi connectivity index (χ2v) is 6.16. The van der Waals surface area contributed by atoms with Gasteiger partial charge in [-0.3, -0.25) is 14.6 Å². The summed E-state index contributed by atoms with van der Waals surface area (Å²) in [6.45, 7) is 0. The van der Waals surface area contributed by atoms with Gasteiger partial charge in [0.1, 0.15) is 6.29 Å². The lowest BCUT2D eigenvalue weighted by Gasteiger charge is -2.06. The molecule has 1 aliphatic carbocycles. The third kappa shape index (κ3) is 2.78. The molecule has 1 heterocycles. The zero-order valence-corrected chi connectivity index (χ0v) is 13.0. The number of pyridine rings is 1. The van der Waals surface area contributed by atoms with Crippen molar-refractivity contribution in [3.63, 3.8) is 0 Å². The van der Waals surface area contributed by atoms with Crippen molar-refractivity contribution >= 4 is 28.7 Å². The highest BCUT2D eigenvalue weighted by molar-refractivity contribution is 5.97. The second kappa shape index (κ2) is 5.89. The summed E-state index contributed by atoms with van der Waals surface area (Å²) in [5, 5.41) is 5.11. The number of carbonyl (C=O) groups excluding carboxylic acids is 2. The van der Waals surface area contributed by atoms with Gasteiger partial charge in [0.2, 0.25) is 5.91 Å². The van der Waals surface area contributed by atoms with Gasteiger partial charge in [-0.25, -0.2) is 0 Å². The maximum atomic E-state index is 12.4. The van der Waals surface area contributed by atoms with E-state index in [-0.39, 0.29) is 17.7 Å². The molecule has 0 saturated heterocycles. The minimum absolute atomic E-state index is 0.000202. The van der Waals surface area contributed by atoms with E-state index in [1.807, 2.05) is 36.4 Å². The summed E-state index contributed by atoms with van der Waals surface area (Å²) in [5.74, 6) is 0.295. The molecule has 0 spiro atoms. The van der Waals surface area contributed by atoms with E-state index >= 15 is 0 Å². The predicted octanol–water partition coefficient (Wildman–Crippen LogP) is 3.79. The molecule has 2 unspecified atom stereocenters. The first-order valence-electron chi connectivity index (χ1n) is 7.94. The summed E-state index contributed by atoms with van der Waals surface area (Å²) >= 11 is 0. The Hall–Kier alpha value is -3.01. The molecule has 1 saturated carbocycles. The van der Waals surface area contributed by atoms with E-state index in [9.17, 15) is 9.59 Å². The normalized spacial score (nSPS) is 19.0. The van der Waals surface area contributed by atoms with Crippen molar-refractivity contribution < 1.29 is 9.59 Å². The number of nitrogens with zero attached hydrogens (tertiary/aromatic N) is 1. The lowest BCUT2D eigenvalue weighted by Crippen LogP contribution is -2.14. The van der Waals surface area contributed by atoms with E-state index in [0.29, 0.717) is 5.56 Å². The van der Waals surface area contributed by atoms with Crippen LogP contribution >= 0.6 is 0 Å². The fourth-order valence-corrected chi connectivity index (χ4v) is 3.07. The van der Waals surface area contributed by atoms with Gasteiger partial charge in [0.05, 0.1) is 0 Å². The fourth-order valence-electron chi connectivity index (χ4n) is 3.07. The second-order valence-electron chi connectivity index (χ2n) is 6.16. The first-order valence-corrected chi connectivity index (χ1v) is 7.94. The molecule has 0 aliphatic heterocycles. The molecule has 0 bridgehead atoms. The van der Waals surface area contributed by atoms with Crippen LogP contribution in [-0.2, 0) is 4.79 Å². The number of hydrogen-bond donors (Lipinski definition) is 1. The van der Waals surface area contributed by atoms with Crippen LogP contribution in [0.4, 0.5) is 5.69 Å². The summed E-state index contributed by atoms with van der Waals surface area (Å²) in [7, 11) is 0. The van der Waals surface area contributed by atoms with Crippen molar-refractivity contribution in [2.45, 2.75) is 12.3 Å². The minimum Gasteiger partial charge on any atom is -0.326 e. The van der Waals surface area contributed by atoms with E-state index in [1.165, 1.54) is 0 Å². The Balaban J connectivity index is 1.45. The number of aldehydes is 1. The van der Waals surface area contributed by atoms with Gasteiger partial charge in [0, 0.05) is 34.9 Å².